The van der Waals surface area contributed by atoms with Gasteiger partial charge in [-0.1, -0.05) is 185 Å². The van der Waals surface area contributed by atoms with Gasteiger partial charge in [-0.25, -0.2) is 0 Å². The summed E-state index contributed by atoms with van der Waals surface area (Å²) in [6.07, 6.45) is 40.9. The number of unbranched alkanes of at least 4 members (excludes halogenated alkanes) is 22. The minimum Gasteiger partial charge on any atom is -0.356 e. The molecule has 0 radical (unpaired) electrons. The third-order valence-electron chi connectivity index (χ3n) is 9.01. The third kappa shape index (κ3) is 17.4. The van der Waals surface area contributed by atoms with Crippen LogP contribution in [0.4, 0.5) is 0 Å². The van der Waals surface area contributed by atoms with Gasteiger partial charge in [-0.2, -0.15) is 0 Å². The molecule has 0 amide bonds. The van der Waals surface area contributed by atoms with Crippen LogP contribution in [0.2, 0.25) is 0 Å². The fraction of sp³-hybridized carbons (Fsp3) is 0.789. The van der Waals surface area contributed by atoms with Gasteiger partial charge in [-0.3, -0.25) is 0 Å². The van der Waals surface area contributed by atoms with Crippen LogP contribution in [0.15, 0.2) is 42.7 Å². The van der Waals surface area contributed by atoms with Gasteiger partial charge in [-0.05, 0) is 24.8 Å². The molecule has 230 valence electrons. The Labute approximate surface area is 251 Å². The Morgan fingerprint density at radius 2 is 0.850 bits per heavy atom. The summed E-state index contributed by atoms with van der Waals surface area (Å²) in [5, 5.41) is 0. The van der Waals surface area contributed by atoms with Gasteiger partial charge in [0.1, 0.15) is 6.17 Å². The maximum absolute atomic E-state index is 2.66. The molecule has 1 heterocycles. The first-order chi connectivity index (χ1) is 19.8. The molecule has 2 nitrogen and oxygen atoms in total. The fourth-order valence-corrected chi connectivity index (χ4v) is 6.37. The number of nitrogens with zero attached hydrogens (tertiary/aromatic N) is 2. The van der Waals surface area contributed by atoms with Crippen LogP contribution in [-0.4, -0.2) is 22.5 Å². The molecule has 1 aliphatic heterocycles. The molecule has 2 heteroatoms. The molecule has 0 aliphatic carbocycles. The second-order valence-corrected chi connectivity index (χ2v) is 12.7. The van der Waals surface area contributed by atoms with Crippen LogP contribution >= 0.6 is 0 Å². The van der Waals surface area contributed by atoms with E-state index in [9.17, 15) is 0 Å². The van der Waals surface area contributed by atoms with E-state index in [0.29, 0.717) is 6.17 Å². The Morgan fingerprint density at radius 3 is 1.32 bits per heavy atom. The van der Waals surface area contributed by atoms with E-state index < -0.39 is 0 Å². The molecule has 1 aliphatic rings. The molecule has 1 unspecified atom stereocenters. The first-order valence-corrected chi connectivity index (χ1v) is 18.1. The molecule has 1 aromatic rings. The number of rotatable bonds is 28. The molecule has 1 atom stereocenters. The number of benzene rings is 1. The highest BCUT2D eigenvalue weighted by molar-refractivity contribution is 5.16. The molecule has 0 spiro atoms. The Morgan fingerprint density at radius 1 is 0.450 bits per heavy atom. The van der Waals surface area contributed by atoms with Crippen molar-refractivity contribution >= 4 is 0 Å². The topological polar surface area (TPSA) is 6.48 Å². The number of hydrogen-bond donors (Lipinski definition) is 0. The van der Waals surface area contributed by atoms with Gasteiger partial charge in [0.05, 0.1) is 0 Å². The lowest BCUT2D eigenvalue weighted by Gasteiger charge is -2.33. The lowest BCUT2D eigenvalue weighted by Crippen LogP contribution is -2.38. The molecule has 0 bridgehead atoms. The van der Waals surface area contributed by atoms with E-state index in [1.165, 1.54) is 173 Å². The first-order valence-electron chi connectivity index (χ1n) is 18.1. The van der Waals surface area contributed by atoms with E-state index in [2.05, 4.69) is 66.4 Å². The molecule has 0 aromatic heterocycles. The average molecular weight is 553 g/mol. The van der Waals surface area contributed by atoms with Gasteiger partial charge in [-0.15, -0.1) is 0 Å². The smallest absolute Gasteiger partial charge is 0.101 e. The van der Waals surface area contributed by atoms with E-state index in [4.69, 9.17) is 0 Å². The molecule has 0 fully saturated rings. The van der Waals surface area contributed by atoms with Crippen molar-refractivity contribution in [1.29, 1.82) is 0 Å². The van der Waals surface area contributed by atoms with Gasteiger partial charge in [0, 0.05) is 25.5 Å². The summed E-state index contributed by atoms with van der Waals surface area (Å²) in [5.41, 5.74) is 1.43. The van der Waals surface area contributed by atoms with Crippen molar-refractivity contribution in [1.82, 2.24) is 9.80 Å². The lowest BCUT2D eigenvalue weighted by molar-refractivity contribution is 0.132. The Kier molecular flexibility index (Phi) is 22.0. The van der Waals surface area contributed by atoms with Gasteiger partial charge in [0.25, 0.3) is 0 Å². The lowest BCUT2D eigenvalue weighted by atomic mass is 10.0. The van der Waals surface area contributed by atoms with Crippen LogP contribution < -0.4 is 0 Å². The maximum Gasteiger partial charge on any atom is 0.101 e. The second-order valence-electron chi connectivity index (χ2n) is 12.7. The van der Waals surface area contributed by atoms with Crippen molar-refractivity contribution in [3.8, 4) is 0 Å². The zero-order valence-electron chi connectivity index (χ0n) is 27.1. The molecule has 1 aromatic carbocycles. The van der Waals surface area contributed by atoms with Gasteiger partial charge in [0.15, 0.2) is 0 Å². The normalized spacial score (nSPS) is 15.0. The van der Waals surface area contributed by atoms with E-state index >= 15 is 0 Å². The SMILES string of the molecule is CCCCCCCCCCCCCCCCCN1C=CN(Cc2ccccc2)C1CCCCCCCCCCC. The van der Waals surface area contributed by atoms with Gasteiger partial charge >= 0.3 is 0 Å². The molecule has 40 heavy (non-hydrogen) atoms. The summed E-state index contributed by atoms with van der Waals surface area (Å²) in [7, 11) is 0. The average Bonchev–Trinajstić information content (AvgIpc) is 3.35. The summed E-state index contributed by atoms with van der Waals surface area (Å²) >= 11 is 0. The van der Waals surface area contributed by atoms with E-state index in [-0.39, 0.29) is 0 Å². The Bertz CT molecular complexity index is 684. The number of hydrogen-bond acceptors (Lipinski definition) is 2. The minimum atomic E-state index is 0.552. The van der Waals surface area contributed by atoms with Crippen molar-refractivity contribution in [3.05, 3.63) is 48.3 Å². The zero-order chi connectivity index (χ0) is 28.4. The molecule has 2 rings (SSSR count). The monoisotopic (exact) mass is 553 g/mol. The van der Waals surface area contributed by atoms with Crippen molar-refractivity contribution in [2.75, 3.05) is 6.54 Å². The van der Waals surface area contributed by atoms with Crippen molar-refractivity contribution in [3.63, 3.8) is 0 Å². The molecular formula is C38H68N2. The second kappa shape index (κ2) is 25.3. The van der Waals surface area contributed by atoms with Crippen molar-refractivity contribution in [2.45, 2.75) is 187 Å². The summed E-state index contributed by atoms with van der Waals surface area (Å²) in [4.78, 5) is 5.27. The van der Waals surface area contributed by atoms with E-state index in [1.807, 2.05) is 0 Å². The van der Waals surface area contributed by atoms with Crippen LogP contribution in [0, 0.1) is 0 Å². The quantitative estimate of drug-likeness (QED) is 0.0954. The Balaban J connectivity index is 1.55. The van der Waals surface area contributed by atoms with Crippen LogP contribution in [0.3, 0.4) is 0 Å². The molecule has 0 saturated heterocycles. The molecular weight excluding hydrogens is 484 g/mol. The van der Waals surface area contributed by atoms with Gasteiger partial charge < -0.3 is 9.80 Å². The van der Waals surface area contributed by atoms with Crippen LogP contribution in [0.1, 0.15) is 180 Å². The van der Waals surface area contributed by atoms with Gasteiger partial charge in [0.2, 0.25) is 0 Å². The summed E-state index contributed by atoms with van der Waals surface area (Å²) < 4.78 is 0. The standard InChI is InChI=1S/C38H68N2/c1-3-5-7-9-11-13-14-15-16-17-18-20-22-24-29-33-39-34-35-40(36-37-30-26-25-27-31-37)38(39)32-28-23-21-19-12-10-8-6-4-2/h25-27,30-31,34-35,38H,3-24,28-29,32-33,36H2,1-2H3. The summed E-state index contributed by atoms with van der Waals surface area (Å²) in [6, 6.07) is 11.0. The Hall–Kier alpha value is -1.44. The zero-order valence-corrected chi connectivity index (χ0v) is 27.1. The maximum atomic E-state index is 2.66. The largest absolute Gasteiger partial charge is 0.356 e. The van der Waals surface area contributed by atoms with E-state index in [0.717, 1.165) is 6.54 Å². The van der Waals surface area contributed by atoms with Crippen LogP contribution in [-0.2, 0) is 6.54 Å². The van der Waals surface area contributed by atoms with Crippen molar-refractivity contribution in [2.24, 2.45) is 0 Å². The molecule has 0 N–H and O–H groups in total. The predicted molar refractivity (Wildman–Crippen MR) is 178 cm³/mol. The van der Waals surface area contributed by atoms with Crippen LogP contribution in [0.5, 0.6) is 0 Å². The highest BCUT2D eigenvalue weighted by atomic mass is 15.4. The third-order valence-corrected chi connectivity index (χ3v) is 9.01. The van der Waals surface area contributed by atoms with E-state index in [1.54, 1.807) is 0 Å². The summed E-state index contributed by atoms with van der Waals surface area (Å²) in [6.45, 7) is 6.87. The molecule has 0 saturated carbocycles. The minimum absolute atomic E-state index is 0.552. The summed E-state index contributed by atoms with van der Waals surface area (Å²) in [5.74, 6) is 0. The highest BCUT2D eigenvalue weighted by Crippen LogP contribution is 2.25. The van der Waals surface area contributed by atoms with Crippen molar-refractivity contribution < 1.29 is 0 Å². The van der Waals surface area contributed by atoms with Crippen LogP contribution in [0.25, 0.3) is 0 Å². The first kappa shape index (κ1) is 34.8. The predicted octanol–water partition coefficient (Wildman–Crippen LogP) is 12.4. The highest BCUT2D eigenvalue weighted by Gasteiger charge is 2.25. The fourth-order valence-electron chi connectivity index (χ4n) is 6.37.